The Bertz CT molecular complexity index is 878. The molecule has 1 N–H and O–H groups in total. The summed E-state index contributed by atoms with van der Waals surface area (Å²) in [5.41, 5.74) is 2.49. The molecule has 0 aliphatic heterocycles. The van der Waals surface area contributed by atoms with Crippen molar-refractivity contribution in [3.8, 4) is 0 Å². The van der Waals surface area contributed by atoms with Gasteiger partial charge in [-0.15, -0.1) is 0 Å². The first kappa shape index (κ1) is 17.5. The number of nitro benzene ring substituents is 3. The predicted octanol–water partition coefficient (Wildman–Crippen LogP) is 3.25. The van der Waals surface area contributed by atoms with Gasteiger partial charge in [0.15, 0.2) is 0 Å². The molecule has 11 nitrogen and oxygen atoms in total. The lowest BCUT2D eigenvalue weighted by Gasteiger charge is -2.04. The van der Waals surface area contributed by atoms with Crippen LogP contribution in [0, 0.1) is 30.3 Å². The van der Waals surface area contributed by atoms with Crippen LogP contribution in [0.15, 0.2) is 47.6 Å². The molecule has 0 spiro atoms. The van der Waals surface area contributed by atoms with E-state index in [1.807, 2.05) is 0 Å². The quantitative estimate of drug-likeness (QED) is 0.478. The molecule has 0 aliphatic rings. The van der Waals surface area contributed by atoms with Crippen LogP contribution in [-0.4, -0.2) is 20.5 Å². The van der Waals surface area contributed by atoms with Crippen LogP contribution < -0.4 is 5.43 Å². The molecule has 0 aromatic heterocycles. The average molecular weight is 345 g/mol. The van der Waals surface area contributed by atoms with Gasteiger partial charge in [-0.2, -0.15) is 5.10 Å². The van der Waals surface area contributed by atoms with Crippen molar-refractivity contribution in [2.45, 2.75) is 6.92 Å². The highest BCUT2D eigenvalue weighted by atomic mass is 16.6. The topological polar surface area (TPSA) is 154 Å². The van der Waals surface area contributed by atoms with E-state index >= 15 is 0 Å². The van der Waals surface area contributed by atoms with Gasteiger partial charge in [-0.1, -0.05) is 0 Å². The highest BCUT2D eigenvalue weighted by Gasteiger charge is 2.19. The fourth-order valence-corrected chi connectivity index (χ4v) is 1.91. The second-order valence-electron chi connectivity index (χ2n) is 4.83. The third-order valence-electron chi connectivity index (χ3n) is 3.23. The van der Waals surface area contributed by atoms with Crippen LogP contribution in [0.3, 0.4) is 0 Å². The van der Waals surface area contributed by atoms with Gasteiger partial charge in [-0.05, 0) is 30.7 Å². The molecule has 0 radical (unpaired) electrons. The molecule has 0 saturated carbocycles. The summed E-state index contributed by atoms with van der Waals surface area (Å²) in [5, 5.41) is 36.3. The summed E-state index contributed by atoms with van der Waals surface area (Å²) in [7, 11) is 0. The number of nitro groups is 3. The van der Waals surface area contributed by atoms with Gasteiger partial charge in [-0.25, -0.2) is 0 Å². The fourth-order valence-electron chi connectivity index (χ4n) is 1.91. The second kappa shape index (κ2) is 7.12. The van der Waals surface area contributed by atoms with Crippen molar-refractivity contribution in [3.05, 3.63) is 78.4 Å². The Morgan fingerprint density at radius 1 is 0.880 bits per heavy atom. The number of nitrogens with zero attached hydrogens (tertiary/aromatic N) is 4. The maximum absolute atomic E-state index is 11.0. The number of nitrogens with one attached hydrogen (secondary N) is 1. The van der Waals surface area contributed by atoms with Gasteiger partial charge in [0.05, 0.1) is 26.5 Å². The fraction of sp³-hybridized carbons (Fsp3) is 0.0714. The van der Waals surface area contributed by atoms with Gasteiger partial charge in [0.1, 0.15) is 5.69 Å². The van der Waals surface area contributed by atoms with Crippen molar-refractivity contribution in [2.24, 2.45) is 5.10 Å². The van der Waals surface area contributed by atoms with Crippen molar-refractivity contribution in [1.82, 2.24) is 0 Å². The predicted molar refractivity (Wildman–Crippen MR) is 88.7 cm³/mol. The van der Waals surface area contributed by atoms with Crippen molar-refractivity contribution in [1.29, 1.82) is 0 Å². The molecule has 128 valence electrons. The summed E-state index contributed by atoms with van der Waals surface area (Å²) < 4.78 is 0. The Balaban J connectivity index is 2.26. The Hall–Kier alpha value is -3.89. The minimum absolute atomic E-state index is 0.0168. The van der Waals surface area contributed by atoms with Crippen molar-refractivity contribution in [3.63, 3.8) is 0 Å². The third-order valence-corrected chi connectivity index (χ3v) is 3.23. The summed E-state index contributed by atoms with van der Waals surface area (Å²) in [5.74, 6) is 0. The summed E-state index contributed by atoms with van der Waals surface area (Å²) in [6.07, 6.45) is 0. The lowest BCUT2D eigenvalue weighted by Crippen LogP contribution is -2.02. The minimum Gasteiger partial charge on any atom is -0.271 e. The smallest absolute Gasteiger partial charge is 0.271 e. The molecule has 0 unspecified atom stereocenters. The van der Waals surface area contributed by atoms with Crippen molar-refractivity contribution < 1.29 is 14.8 Å². The molecule has 25 heavy (non-hydrogen) atoms. The van der Waals surface area contributed by atoms with E-state index in [0.717, 1.165) is 12.1 Å². The number of hydrogen-bond acceptors (Lipinski definition) is 8. The van der Waals surface area contributed by atoms with Gasteiger partial charge in [-0.3, -0.25) is 35.8 Å². The zero-order valence-electron chi connectivity index (χ0n) is 12.8. The highest BCUT2D eigenvalue weighted by molar-refractivity contribution is 5.99. The van der Waals surface area contributed by atoms with E-state index in [9.17, 15) is 30.3 Å². The van der Waals surface area contributed by atoms with Crippen LogP contribution >= 0.6 is 0 Å². The number of rotatable bonds is 6. The molecule has 0 amide bonds. The minimum atomic E-state index is -0.758. The van der Waals surface area contributed by atoms with Crippen LogP contribution in [0.5, 0.6) is 0 Å². The molecule has 2 aromatic rings. The Labute approximate surface area is 140 Å². The van der Waals surface area contributed by atoms with Crippen LogP contribution in [0.25, 0.3) is 0 Å². The maximum atomic E-state index is 11.0. The van der Waals surface area contributed by atoms with E-state index in [-0.39, 0.29) is 11.4 Å². The summed E-state index contributed by atoms with van der Waals surface area (Å²) in [4.78, 5) is 30.3. The normalized spacial score (nSPS) is 11.0. The number of non-ortho nitro benzene ring substituents is 2. The van der Waals surface area contributed by atoms with Gasteiger partial charge >= 0.3 is 5.69 Å². The van der Waals surface area contributed by atoms with Crippen LogP contribution in [-0.2, 0) is 0 Å². The van der Waals surface area contributed by atoms with E-state index < -0.39 is 26.1 Å². The zero-order chi connectivity index (χ0) is 18.6. The van der Waals surface area contributed by atoms with Gasteiger partial charge in [0.2, 0.25) is 0 Å². The third kappa shape index (κ3) is 4.10. The molecular weight excluding hydrogens is 334 g/mol. The Kier molecular flexibility index (Phi) is 4.98. The molecule has 11 heteroatoms. The second-order valence-corrected chi connectivity index (χ2v) is 4.83. The van der Waals surface area contributed by atoms with Gasteiger partial charge in [0.25, 0.3) is 11.4 Å². The molecule has 2 aromatic carbocycles. The molecule has 0 fully saturated rings. The molecular formula is C14H11N5O6. The van der Waals surface area contributed by atoms with E-state index in [4.69, 9.17) is 0 Å². The molecule has 0 saturated heterocycles. The first-order chi connectivity index (χ1) is 11.8. The maximum Gasteiger partial charge on any atom is 0.301 e. The molecule has 0 aliphatic carbocycles. The first-order valence-electron chi connectivity index (χ1n) is 6.77. The van der Waals surface area contributed by atoms with Crippen LogP contribution in [0.1, 0.15) is 12.5 Å². The average Bonchev–Trinajstić information content (AvgIpc) is 2.59. The van der Waals surface area contributed by atoms with Crippen molar-refractivity contribution in [2.75, 3.05) is 5.43 Å². The van der Waals surface area contributed by atoms with E-state index in [1.54, 1.807) is 6.92 Å². The van der Waals surface area contributed by atoms with Gasteiger partial charge < -0.3 is 0 Å². The van der Waals surface area contributed by atoms with E-state index in [1.165, 1.54) is 30.3 Å². The lowest BCUT2D eigenvalue weighted by molar-refractivity contribution is -0.393. The summed E-state index contributed by atoms with van der Waals surface area (Å²) >= 11 is 0. The SMILES string of the molecule is C/C(=N\Nc1ccc([N+](=O)[O-])cc1[N+](=O)[O-])c1ccc([N+](=O)[O-])cc1. The molecule has 2 rings (SSSR count). The lowest BCUT2D eigenvalue weighted by atomic mass is 10.1. The number of hydrazone groups is 1. The number of hydrogen-bond donors (Lipinski definition) is 1. The first-order valence-corrected chi connectivity index (χ1v) is 6.77. The Morgan fingerprint density at radius 2 is 1.44 bits per heavy atom. The standard InChI is InChI=1S/C14H11N5O6/c1-9(10-2-4-11(5-3-10)17(20)21)15-16-13-7-6-12(18(22)23)8-14(13)19(24)25/h2-8,16H,1H3/b15-9+. The molecule has 0 bridgehead atoms. The highest BCUT2D eigenvalue weighted by Crippen LogP contribution is 2.29. The molecule has 0 heterocycles. The van der Waals surface area contributed by atoms with Crippen molar-refractivity contribution >= 4 is 28.5 Å². The molecule has 0 atom stereocenters. The van der Waals surface area contributed by atoms with E-state index in [2.05, 4.69) is 10.5 Å². The van der Waals surface area contributed by atoms with E-state index in [0.29, 0.717) is 11.3 Å². The largest absolute Gasteiger partial charge is 0.301 e. The van der Waals surface area contributed by atoms with Gasteiger partial charge in [0, 0.05) is 18.2 Å². The van der Waals surface area contributed by atoms with Crippen LogP contribution in [0.2, 0.25) is 0 Å². The Morgan fingerprint density at radius 3 is 1.96 bits per heavy atom. The summed E-state index contributed by atoms with van der Waals surface area (Å²) in [6.45, 7) is 1.60. The zero-order valence-corrected chi connectivity index (χ0v) is 12.8. The van der Waals surface area contributed by atoms with Crippen LogP contribution in [0.4, 0.5) is 22.7 Å². The number of benzene rings is 2. The number of anilines is 1. The monoisotopic (exact) mass is 345 g/mol. The summed E-state index contributed by atoms with van der Waals surface area (Å²) in [6, 6.07) is 8.73.